The van der Waals surface area contributed by atoms with Gasteiger partial charge in [-0.2, -0.15) is 0 Å². The zero-order valence-corrected chi connectivity index (χ0v) is 6.50. The summed E-state index contributed by atoms with van der Waals surface area (Å²) in [5, 5.41) is 4.91. The van der Waals surface area contributed by atoms with E-state index in [1.54, 1.807) is 0 Å². The zero-order valence-electron chi connectivity index (χ0n) is 6.50. The fourth-order valence-corrected chi connectivity index (χ4v) is 1.04. The molecule has 1 aliphatic heterocycles. The molecule has 66 valence electrons. The molecule has 12 heavy (non-hydrogen) atoms. The van der Waals surface area contributed by atoms with Gasteiger partial charge < -0.3 is 15.4 Å². The van der Waals surface area contributed by atoms with Crippen molar-refractivity contribution < 1.29 is 14.4 Å². The third kappa shape index (κ3) is 2.05. The maximum Gasteiger partial charge on any atom is 0.243 e. The number of nitrogens with one attached hydrogen (secondary N) is 2. The first-order valence-electron chi connectivity index (χ1n) is 3.74. The molecule has 2 N–H and O–H groups in total. The van der Waals surface area contributed by atoms with Crippen LogP contribution in [0.25, 0.3) is 0 Å². The van der Waals surface area contributed by atoms with Gasteiger partial charge in [0, 0.05) is 6.42 Å². The molecule has 0 aromatic heterocycles. The van der Waals surface area contributed by atoms with E-state index in [1.165, 1.54) is 0 Å². The number of carbonyl (C=O) groups is 3. The number of hydrogen-bond acceptors (Lipinski definition) is 3. The minimum absolute atomic E-state index is 0.0381. The molecule has 1 heterocycles. The predicted molar refractivity (Wildman–Crippen MR) is 40.2 cm³/mol. The van der Waals surface area contributed by atoms with Gasteiger partial charge in [-0.1, -0.05) is 0 Å². The molecule has 0 aromatic rings. The number of aldehydes is 1. The van der Waals surface area contributed by atoms with E-state index in [1.807, 2.05) is 0 Å². The average Bonchev–Trinajstić information content (AvgIpc) is 2.07. The molecule has 5 nitrogen and oxygen atoms in total. The molecular weight excluding hydrogens is 160 g/mol. The highest BCUT2D eigenvalue weighted by Gasteiger charge is 2.24. The Balaban J connectivity index is 2.43. The largest absolute Gasteiger partial charge is 0.345 e. The summed E-state index contributed by atoms with van der Waals surface area (Å²) in [6.45, 7) is 0.0381. The van der Waals surface area contributed by atoms with Crippen LogP contribution < -0.4 is 10.6 Å². The molecule has 1 fully saturated rings. The molecule has 1 rings (SSSR count). The molecule has 0 saturated carbocycles. The van der Waals surface area contributed by atoms with Crippen molar-refractivity contribution in [3.05, 3.63) is 0 Å². The highest BCUT2D eigenvalue weighted by molar-refractivity contribution is 5.94. The topological polar surface area (TPSA) is 75.3 Å². The number of hydrogen-bond donors (Lipinski definition) is 2. The first-order valence-corrected chi connectivity index (χ1v) is 3.74. The van der Waals surface area contributed by atoms with Crippen LogP contribution in [0.4, 0.5) is 0 Å². The van der Waals surface area contributed by atoms with Crippen LogP contribution in [-0.4, -0.2) is 30.7 Å². The molecule has 0 bridgehead atoms. The van der Waals surface area contributed by atoms with Crippen LogP contribution in [0.3, 0.4) is 0 Å². The van der Waals surface area contributed by atoms with Crippen molar-refractivity contribution in [2.75, 3.05) is 6.54 Å². The van der Waals surface area contributed by atoms with E-state index in [-0.39, 0.29) is 18.4 Å². The number of rotatable bonds is 3. The summed E-state index contributed by atoms with van der Waals surface area (Å²) in [6.07, 6.45) is 1.40. The lowest BCUT2D eigenvalue weighted by Gasteiger charge is -2.22. The summed E-state index contributed by atoms with van der Waals surface area (Å²) >= 11 is 0. The quantitative estimate of drug-likeness (QED) is 0.510. The van der Waals surface area contributed by atoms with Crippen molar-refractivity contribution in [2.45, 2.75) is 18.9 Å². The molecule has 0 radical (unpaired) electrons. The Labute approximate surface area is 69.5 Å². The van der Waals surface area contributed by atoms with Crippen molar-refractivity contribution in [1.82, 2.24) is 10.6 Å². The Morgan fingerprint density at radius 2 is 2.25 bits per heavy atom. The van der Waals surface area contributed by atoms with Gasteiger partial charge in [0.15, 0.2) is 0 Å². The van der Waals surface area contributed by atoms with E-state index >= 15 is 0 Å². The molecule has 1 atom stereocenters. The highest BCUT2D eigenvalue weighted by Crippen LogP contribution is 1.98. The minimum atomic E-state index is -0.531. The van der Waals surface area contributed by atoms with Crippen LogP contribution in [0.1, 0.15) is 12.8 Å². The van der Waals surface area contributed by atoms with Crippen molar-refractivity contribution in [1.29, 1.82) is 0 Å². The van der Waals surface area contributed by atoms with Crippen LogP contribution in [-0.2, 0) is 14.4 Å². The Morgan fingerprint density at radius 3 is 2.92 bits per heavy atom. The van der Waals surface area contributed by atoms with Crippen LogP contribution in [0.5, 0.6) is 0 Å². The second kappa shape index (κ2) is 3.85. The van der Waals surface area contributed by atoms with Gasteiger partial charge in [-0.05, 0) is 6.42 Å². The second-order valence-electron chi connectivity index (χ2n) is 2.58. The normalized spacial score (nSPS) is 22.8. The Morgan fingerprint density at radius 1 is 1.50 bits per heavy atom. The molecule has 1 saturated heterocycles. The zero-order chi connectivity index (χ0) is 8.97. The monoisotopic (exact) mass is 170 g/mol. The van der Waals surface area contributed by atoms with Gasteiger partial charge >= 0.3 is 0 Å². The number of carbonyl (C=O) groups excluding carboxylic acids is 3. The van der Waals surface area contributed by atoms with Crippen molar-refractivity contribution in [3.63, 3.8) is 0 Å². The van der Waals surface area contributed by atoms with Gasteiger partial charge in [0.25, 0.3) is 0 Å². The lowest BCUT2D eigenvalue weighted by Crippen LogP contribution is -2.56. The second-order valence-corrected chi connectivity index (χ2v) is 2.58. The summed E-state index contributed by atoms with van der Waals surface area (Å²) in [5.74, 6) is -0.415. The first-order chi connectivity index (χ1) is 5.74. The summed E-state index contributed by atoms with van der Waals surface area (Å²) in [6, 6.07) is -0.531. The molecular formula is C7H10N2O3. The maximum atomic E-state index is 11.0. The van der Waals surface area contributed by atoms with E-state index < -0.39 is 6.04 Å². The lowest BCUT2D eigenvalue weighted by atomic mass is 10.1. The van der Waals surface area contributed by atoms with Crippen molar-refractivity contribution >= 4 is 18.1 Å². The van der Waals surface area contributed by atoms with Crippen LogP contribution in [0.15, 0.2) is 0 Å². The van der Waals surface area contributed by atoms with E-state index in [2.05, 4.69) is 10.6 Å². The summed E-state index contributed by atoms with van der Waals surface area (Å²) in [7, 11) is 0. The van der Waals surface area contributed by atoms with Crippen LogP contribution >= 0.6 is 0 Å². The van der Waals surface area contributed by atoms with Gasteiger partial charge in [-0.25, -0.2) is 0 Å². The third-order valence-corrected chi connectivity index (χ3v) is 1.65. The Kier molecular flexibility index (Phi) is 2.79. The van der Waals surface area contributed by atoms with E-state index in [9.17, 15) is 14.4 Å². The SMILES string of the molecule is O=CCCC1NC(=O)CNC1=O. The average molecular weight is 170 g/mol. The predicted octanol–water partition coefficient (Wildman–Crippen LogP) is -1.42. The van der Waals surface area contributed by atoms with Crippen molar-refractivity contribution in [2.24, 2.45) is 0 Å². The van der Waals surface area contributed by atoms with E-state index in [0.717, 1.165) is 6.29 Å². The third-order valence-electron chi connectivity index (χ3n) is 1.65. The van der Waals surface area contributed by atoms with Gasteiger partial charge in [0.05, 0.1) is 6.54 Å². The molecule has 2 amide bonds. The molecule has 5 heteroatoms. The van der Waals surface area contributed by atoms with Gasteiger partial charge in [0.1, 0.15) is 12.3 Å². The maximum absolute atomic E-state index is 11.0. The lowest BCUT2D eigenvalue weighted by molar-refractivity contribution is -0.133. The summed E-state index contributed by atoms with van der Waals surface area (Å²) in [5.41, 5.74) is 0. The Hall–Kier alpha value is -1.39. The summed E-state index contributed by atoms with van der Waals surface area (Å²) in [4.78, 5) is 31.8. The van der Waals surface area contributed by atoms with Gasteiger partial charge in [-0.3, -0.25) is 9.59 Å². The first kappa shape index (κ1) is 8.70. The molecule has 0 spiro atoms. The molecule has 0 aromatic carbocycles. The van der Waals surface area contributed by atoms with E-state index in [0.29, 0.717) is 12.8 Å². The molecule has 1 unspecified atom stereocenters. The van der Waals surface area contributed by atoms with Gasteiger partial charge in [0.2, 0.25) is 11.8 Å². The fraction of sp³-hybridized carbons (Fsp3) is 0.571. The molecule has 0 aliphatic carbocycles. The summed E-state index contributed by atoms with van der Waals surface area (Å²) < 4.78 is 0. The smallest absolute Gasteiger partial charge is 0.243 e. The van der Waals surface area contributed by atoms with Gasteiger partial charge in [-0.15, -0.1) is 0 Å². The van der Waals surface area contributed by atoms with Crippen LogP contribution in [0.2, 0.25) is 0 Å². The van der Waals surface area contributed by atoms with Crippen molar-refractivity contribution in [3.8, 4) is 0 Å². The fourth-order valence-electron chi connectivity index (χ4n) is 1.04. The highest BCUT2D eigenvalue weighted by atomic mass is 16.2. The number of piperazine rings is 1. The standard InChI is InChI=1S/C7H10N2O3/c10-3-1-2-5-7(12)8-4-6(11)9-5/h3,5H,1-2,4H2,(H,8,12)(H,9,11). The molecule has 1 aliphatic rings. The Bertz CT molecular complexity index is 215. The number of amides is 2. The van der Waals surface area contributed by atoms with E-state index in [4.69, 9.17) is 0 Å². The minimum Gasteiger partial charge on any atom is -0.345 e. The van der Waals surface area contributed by atoms with Crippen LogP contribution in [0, 0.1) is 0 Å².